The number of nitro benzene ring substituents is 1. The van der Waals surface area contributed by atoms with Gasteiger partial charge in [0, 0.05) is 99.9 Å². The molecule has 13 rings (SSSR count). The van der Waals surface area contributed by atoms with Crippen LogP contribution < -0.4 is 34.2 Å². The minimum absolute atomic E-state index is 0.00232. The maximum absolute atomic E-state index is 15.9. The highest BCUT2D eigenvalue weighted by Crippen LogP contribution is 2.54. The number of piperidine rings is 1. The summed E-state index contributed by atoms with van der Waals surface area (Å²) in [6.45, 7) is 15.6. The number of aromatic amines is 1. The Bertz CT molecular complexity index is 3670. The summed E-state index contributed by atoms with van der Waals surface area (Å²) in [5, 5.41) is 26.9. The molecule has 6 fully saturated rings. The van der Waals surface area contributed by atoms with Gasteiger partial charge in [-0.05, 0) is 163 Å². The van der Waals surface area contributed by atoms with Crippen molar-refractivity contribution in [3.63, 3.8) is 0 Å². The number of benzene rings is 4. The summed E-state index contributed by atoms with van der Waals surface area (Å²) in [6.07, 6.45) is 8.67. The van der Waals surface area contributed by atoms with Crippen molar-refractivity contribution >= 4 is 61.1 Å². The molecule has 5 aliphatic heterocycles. The molecule has 2 aromatic heterocycles. The number of carbonyl (C=O) groups is 1. The molecule has 88 heavy (non-hydrogen) atoms. The second-order valence-electron chi connectivity index (χ2n) is 26.2. The predicted molar refractivity (Wildman–Crippen MR) is 335 cm³/mol. The number of rotatable bonds is 16. The van der Waals surface area contributed by atoms with Crippen LogP contribution in [-0.4, -0.2) is 152 Å². The highest BCUT2D eigenvalue weighted by atomic mass is 32.2. The minimum atomic E-state index is -4.66. The summed E-state index contributed by atoms with van der Waals surface area (Å²) in [5.41, 5.74) is 4.58. The lowest BCUT2D eigenvalue weighted by atomic mass is 9.59. The molecule has 4 saturated heterocycles. The summed E-state index contributed by atoms with van der Waals surface area (Å²) < 4.78 is 71.4. The zero-order chi connectivity index (χ0) is 61.1. The molecule has 1 spiro atoms. The number of aromatic nitrogens is 2. The van der Waals surface area contributed by atoms with E-state index in [0.717, 1.165) is 99.7 Å². The van der Waals surface area contributed by atoms with Crippen LogP contribution in [0.3, 0.4) is 0 Å². The molecule has 0 bridgehead atoms. The van der Waals surface area contributed by atoms with E-state index in [1.54, 1.807) is 18.3 Å². The fourth-order valence-electron chi connectivity index (χ4n) is 14.9. The number of hydrogen-bond donors (Lipinski definition) is 4. The van der Waals surface area contributed by atoms with Gasteiger partial charge in [0.15, 0.2) is 0 Å². The SMILES string of the molecule is CC(C)Oc1ccccc1[C@H]1CN(Cc2ccc(N3CCOC[C@H]3C)c(F)c2)CCN1C1CC2(CCN(c3ccc(C(=O)NS(=O)(=O)c4ccc(NCC5CCC(C)(O)CC5)c([N+](=O)[O-])c4)c(N4c5cc6cc[nH]c6nc5O[C@H]5COCC[C@@H]54)c3)CC2)C1. The second kappa shape index (κ2) is 24.4. The average Bonchev–Trinajstić information content (AvgIpc) is 0.988. The Hall–Kier alpha value is -7.08. The first kappa shape index (κ1) is 59.9. The first-order chi connectivity index (χ1) is 42.4. The number of sulfonamides is 1. The van der Waals surface area contributed by atoms with Crippen LogP contribution in [0.4, 0.5) is 38.5 Å². The molecule has 0 radical (unpaired) electrons. The normalized spacial score (nSPS) is 25.2. The molecule has 4 aromatic carbocycles. The largest absolute Gasteiger partial charge is 0.491 e. The van der Waals surface area contributed by atoms with Gasteiger partial charge in [-0.3, -0.25) is 24.7 Å². The molecule has 7 aliphatic rings. The van der Waals surface area contributed by atoms with Gasteiger partial charge in [0.2, 0.25) is 5.88 Å². The van der Waals surface area contributed by atoms with E-state index in [9.17, 15) is 28.4 Å². The average molecular weight is 1230 g/mol. The molecule has 4 atom stereocenters. The molecule has 1 amide bonds. The third-order valence-electron chi connectivity index (χ3n) is 19.8. The molecule has 4 N–H and O–H groups in total. The van der Waals surface area contributed by atoms with E-state index in [0.29, 0.717) is 93.3 Å². The number of halogens is 1. The number of anilines is 5. The Kier molecular flexibility index (Phi) is 16.6. The summed E-state index contributed by atoms with van der Waals surface area (Å²) >= 11 is 0. The molecule has 20 nitrogen and oxygen atoms in total. The number of ether oxygens (including phenoxy) is 4. The number of morpholine rings is 1. The summed E-state index contributed by atoms with van der Waals surface area (Å²) in [5.74, 6) is 0.326. The van der Waals surface area contributed by atoms with Crippen LogP contribution in [0.15, 0.2) is 102 Å². The number of piperazine rings is 1. The van der Waals surface area contributed by atoms with E-state index >= 15 is 4.39 Å². The van der Waals surface area contributed by atoms with Gasteiger partial charge in [-0.1, -0.05) is 24.3 Å². The van der Waals surface area contributed by atoms with Crippen LogP contribution in [-0.2, 0) is 26.0 Å². The monoisotopic (exact) mass is 1220 g/mol. The van der Waals surface area contributed by atoms with Crippen LogP contribution in [0, 0.1) is 27.3 Å². The number of carbonyl (C=O) groups excluding carboxylic acids is 1. The fraction of sp³-hybridized carbons (Fsp3) is 0.515. The zero-order valence-electron chi connectivity index (χ0n) is 50.7. The van der Waals surface area contributed by atoms with Crippen molar-refractivity contribution in [1.82, 2.24) is 24.5 Å². The highest BCUT2D eigenvalue weighted by Gasteiger charge is 2.51. The van der Waals surface area contributed by atoms with Crippen LogP contribution in [0.25, 0.3) is 11.0 Å². The lowest BCUT2D eigenvalue weighted by molar-refractivity contribution is -0.384. The van der Waals surface area contributed by atoms with Gasteiger partial charge in [0.25, 0.3) is 21.6 Å². The van der Waals surface area contributed by atoms with Crippen LogP contribution >= 0.6 is 0 Å². The number of hydrogen-bond acceptors (Lipinski definition) is 17. The van der Waals surface area contributed by atoms with E-state index in [-0.39, 0.29) is 59.2 Å². The second-order valence-corrected chi connectivity index (χ2v) is 27.9. The Morgan fingerprint density at radius 1 is 0.909 bits per heavy atom. The molecular formula is C66H81FN10O10S. The van der Waals surface area contributed by atoms with Crippen molar-refractivity contribution in [2.45, 2.75) is 139 Å². The zero-order valence-corrected chi connectivity index (χ0v) is 51.5. The van der Waals surface area contributed by atoms with Crippen molar-refractivity contribution in [2.24, 2.45) is 11.3 Å². The van der Waals surface area contributed by atoms with Gasteiger partial charge in [-0.2, -0.15) is 4.98 Å². The number of fused-ring (bicyclic) bond motifs is 3. The van der Waals surface area contributed by atoms with Crippen LogP contribution in [0.5, 0.6) is 11.6 Å². The maximum atomic E-state index is 15.9. The van der Waals surface area contributed by atoms with E-state index < -0.39 is 43.1 Å². The number of aliphatic hydroxyl groups is 1. The lowest BCUT2D eigenvalue weighted by Crippen LogP contribution is -2.59. The van der Waals surface area contributed by atoms with Crippen LogP contribution in [0.2, 0.25) is 0 Å². The number of pyridine rings is 1. The summed E-state index contributed by atoms with van der Waals surface area (Å²) in [6, 6.07) is 27.4. The Morgan fingerprint density at radius 3 is 2.48 bits per heavy atom. The third kappa shape index (κ3) is 12.2. The first-order valence-electron chi connectivity index (χ1n) is 31.5. The summed E-state index contributed by atoms with van der Waals surface area (Å²) in [7, 11) is -4.66. The number of nitro groups is 1. The molecule has 0 unspecified atom stereocenters. The van der Waals surface area contributed by atoms with Crippen molar-refractivity contribution in [2.75, 3.05) is 92.3 Å². The highest BCUT2D eigenvalue weighted by molar-refractivity contribution is 7.90. The smallest absolute Gasteiger partial charge is 0.293 e. The van der Waals surface area contributed by atoms with E-state index in [1.807, 2.05) is 43.3 Å². The van der Waals surface area contributed by atoms with Crippen molar-refractivity contribution < 1.29 is 46.6 Å². The van der Waals surface area contributed by atoms with E-state index in [1.165, 1.54) is 17.7 Å². The number of amides is 1. The Balaban J connectivity index is 0.743. The number of nitrogens with zero attached hydrogens (tertiary/aromatic N) is 7. The molecule has 22 heteroatoms. The van der Waals surface area contributed by atoms with Gasteiger partial charge in [0.05, 0.1) is 70.4 Å². The van der Waals surface area contributed by atoms with Crippen LogP contribution in [0.1, 0.15) is 113 Å². The molecular weight excluding hydrogens is 1140 g/mol. The van der Waals surface area contributed by atoms with Gasteiger partial charge < -0.3 is 49.1 Å². The molecule has 7 heterocycles. The van der Waals surface area contributed by atoms with Crippen molar-refractivity contribution in [3.05, 3.63) is 130 Å². The lowest BCUT2D eigenvalue weighted by Gasteiger charge is -2.58. The summed E-state index contributed by atoms with van der Waals surface area (Å²) in [4.78, 5) is 46.1. The van der Waals surface area contributed by atoms with Gasteiger partial charge >= 0.3 is 0 Å². The molecule has 2 aliphatic carbocycles. The van der Waals surface area contributed by atoms with Crippen molar-refractivity contribution in [1.29, 1.82) is 0 Å². The fourth-order valence-corrected chi connectivity index (χ4v) is 15.9. The topological polar surface area (TPSA) is 220 Å². The number of nitrogens with one attached hydrogen (secondary N) is 3. The first-order valence-corrected chi connectivity index (χ1v) is 32.9. The third-order valence-corrected chi connectivity index (χ3v) is 21.1. The molecule has 2 saturated carbocycles. The number of H-pyrrole nitrogens is 1. The van der Waals surface area contributed by atoms with Gasteiger partial charge in [0.1, 0.15) is 34.7 Å². The quantitative estimate of drug-likeness (QED) is 0.0523. The van der Waals surface area contributed by atoms with E-state index in [4.69, 9.17) is 23.9 Å². The standard InChI is InChI=1S/C66H81FN10O10S/c1-42(2)86-60-8-6-5-7-50(60)59-39-72(38-45-9-14-54(52(67)31-45)74-28-30-85-40-43(74)3)26-27-75(59)48-35-66(36-48)21-24-73(25-22-66)47-10-12-51(56(33-47)76-55-18-29-84-41-61(55)87-64-58(76)32-46-17-23-68-62(46)70-64)63(78)71-88(82,83)49-11-13-53(57(34-49)77(80)81)69-37-44-15-19-65(4,79)20-16-44/h5-14,17,23,31-34,42-44,48,55,59,61,69,79H,15-16,18-22,24-30,35-41H2,1-4H3,(H,68,70)(H,71,78)/t43-,44?,55+,59-,61+,65?/m1/s1. The molecule has 468 valence electrons. The predicted octanol–water partition coefficient (Wildman–Crippen LogP) is 10.1. The number of para-hydroxylation sites is 1. The Labute approximate surface area is 513 Å². The maximum Gasteiger partial charge on any atom is 0.293 e. The minimum Gasteiger partial charge on any atom is -0.491 e. The van der Waals surface area contributed by atoms with Gasteiger partial charge in [-0.15, -0.1) is 0 Å². The van der Waals surface area contributed by atoms with Gasteiger partial charge in [-0.25, -0.2) is 17.5 Å². The van der Waals surface area contributed by atoms with Crippen molar-refractivity contribution in [3.8, 4) is 11.6 Å². The van der Waals surface area contributed by atoms with E-state index in [2.05, 4.69) is 84.6 Å². The molecule has 6 aromatic rings. The Morgan fingerprint density at radius 2 is 1.70 bits per heavy atom.